The van der Waals surface area contributed by atoms with Crippen molar-refractivity contribution in [1.82, 2.24) is 4.90 Å². The van der Waals surface area contributed by atoms with Crippen molar-refractivity contribution in [3.05, 3.63) is 29.8 Å². The van der Waals surface area contributed by atoms with Crippen LogP contribution in [0.15, 0.2) is 24.3 Å². The third-order valence-corrected chi connectivity index (χ3v) is 6.52. The van der Waals surface area contributed by atoms with E-state index in [1.54, 1.807) is 4.90 Å². The molecule has 1 atom stereocenters. The molecule has 1 saturated heterocycles. The molecule has 2 rings (SSSR count). The summed E-state index contributed by atoms with van der Waals surface area (Å²) in [7, 11) is 0. The third kappa shape index (κ3) is 7.50. The molecule has 1 fully saturated rings. The molecule has 0 radical (unpaired) electrons. The van der Waals surface area contributed by atoms with Crippen LogP contribution in [0.2, 0.25) is 0 Å². The molecule has 29 heavy (non-hydrogen) atoms. The maximum absolute atomic E-state index is 12.6. The quantitative estimate of drug-likeness (QED) is 0.252. The Kier molecular flexibility index (Phi) is 10.3. The molecule has 6 heteroatoms. The van der Waals surface area contributed by atoms with Gasteiger partial charge in [-0.25, -0.2) is 0 Å². The van der Waals surface area contributed by atoms with Gasteiger partial charge in [-0.05, 0) is 25.5 Å². The molecule has 5 nitrogen and oxygen atoms in total. The molecule has 1 heterocycles. The first-order valence-electron chi connectivity index (χ1n) is 10.8. The third-order valence-electron chi connectivity index (χ3n) is 5.33. The van der Waals surface area contributed by atoms with Crippen LogP contribution >= 0.6 is 11.8 Å². The topological polar surface area (TPSA) is 57.7 Å². The summed E-state index contributed by atoms with van der Waals surface area (Å²) in [5.74, 6) is 0.518. The van der Waals surface area contributed by atoms with Gasteiger partial charge in [0.15, 0.2) is 0 Å². The number of rotatable bonds is 14. The summed E-state index contributed by atoms with van der Waals surface area (Å²) in [5, 5.41) is -0.307. The number of imide groups is 1. The number of carbonyl (C=O) groups excluding carboxylic acids is 3. The van der Waals surface area contributed by atoms with Crippen molar-refractivity contribution in [3.63, 3.8) is 0 Å². The molecule has 1 aromatic carbocycles. The van der Waals surface area contributed by atoms with Crippen LogP contribution in [0.4, 0.5) is 5.69 Å². The molecule has 0 spiro atoms. The highest BCUT2D eigenvalue weighted by Crippen LogP contribution is 2.26. The lowest BCUT2D eigenvalue weighted by molar-refractivity contribution is -0.138. The summed E-state index contributed by atoms with van der Waals surface area (Å²) in [5.41, 5.74) is 1.99. The highest BCUT2D eigenvalue weighted by molar-refractivity contribution is 8.00. The summed E-state index contributed by atoms with van der Waals surface area (Å²) in [4.78, 5) is 39.3. The number of amides is 3. The number of unbranched alkanes of at least 4 members (excludes halogenated alkanes) is 6. The normalized spacial score (nSPS) is 16.5. The van der Waals surface area contributed by atoms with Gasteiger partial charge in [0.25, 0.3) is 0 Å². The number of benzene rings is 1. The monoisotopic (exact) mass is 418 g/mol. The highest BCUT2D eigenvalue weighted by Gasteiger charge is 2.38. The number of likely N-dealkylation sites (tertiary alicyclic amines) is 1. The minimum absolute atomic E-state index is 0.0516. The molecule has 0 N–H and O–H groups in total. The van der Waals surface area contributed by atoms with Crippen molar-refractivity contribution >= 4 is 35.7 Å². The van der Waals surface area contributed by atoms with Crippen LogP contribution in [0, 0.1) is 6.92 Å². The van der Waals surface area contributed by atoms with Gasteiger partial charge >= 0.3 is 0 Å². The SMILES string of the molecule is CCCCCCCCCN1C(=O)CC(SCCN(C=O)c2ccc(C)cc2)C1=O. The highest BCUT2D eigenvalue weighted by atomic mass is 32.2. The van der Waals surface area contributed by atoms with E-state index >= 15 is 0 Å². The zero-order valence-corrected chi connectivity index (χ0v) is 18.6. The number of hydrogen-bond donors (Lipinski definition) is 0. The zero-order chi connectivity index (χ0) is 21.1. The van der Waals surface area contributed by atoms with Crippen LogP contribution in [0.25, 0.3) is 0 Å². The lowest BCUT2D eigenvalue weighted by atomic mass is 10.1. The lowest BCUT2D eigenvalue weighted by Crippen LogP contribution is -2.32. The smallest absolute Gasteiger partial charge is 0.242 e. The zero-order valence-electron chi connectivity index (χ0n) is 17.8. The summed E-state index contributed by atoms with van der Waals surface area (Å²) < 4.78 is 0. The van der Waals surface area contributed by atoms with E-state index in [-0.39, 0.29) is 23.5 Å². The Morgan fingerprint density at radius 3 is 2.38 bits per heavy atom. The maximum atomic E-state index is 12.6. The lowest BCUT2D eigenvalue weighted by Gasteiger charge is -2.18. The summed E-state index contributed by atoms with van der Waals surface area (Å²) in [6.45, 7) is 5.28. The van der Waals surface area contributed by atoms with E-state index < -0.39 is 0 Å². The van der Waals surface area contributed by atoms with Gasteiger partial charge in [-0.15, -0.1) is 11.8 Å². The Morgan fingerprint density at radius 2 is 1.72 bits per heavy atom. The first-order chi connectivity index (χ1) is 14.1. The first kappa shape index (κ1) is 23.5. The Balaban J connectivity index is 1.70. The molecule has 0 aliphatic carbocycles. The van der Waals surface area contributed by atoms with Gasteiger partial charge < -0.3 is 4.90 Å². The van der Waals surface area contributed by atoms with Gasteiger partial charge in [0.1, 0.15) is 0 Å². The van der Waals surface area contributed by atoms with Crippen LogP contribution < -0.4 is 4.90 Å². The van der Waals surface area contributed by atoms with Crippen molar-refractivity contribution in [1.29, 1.82) is 0 Å². The van der Waals surface area contributed by atoms with Gasteiger partial charge in [-0.3, -0.25) is 19.3 Å². The van der Waals surface area contributed by atoms with Gasteiger partial charge in [0.05, 0.1) is 5.25 Å². The van der Waals surface area contributed by atoms with Crippen molar-refractivity contribution < 1.29 is 14.4 Å². The minimum Gasteiger partial charge on any atom is -0.314 e. The fourth-order valence-electron chi connectivity index (χ4n) is 3.52. The number of hydrogen-bond acceptors (Lipinski definition) is 4. The molecular formula is C23H34N2O3S. The van der Waals surface area contributed by atoms with E-state index in [1.165, 1.54) is 48.8 Å². The fourth-order valence-corrected chi connectivity index (χ4v) is 4.63. The second kappa shape index (κ2) is 12.7. The van der Waals surface area contributed by atoms with E-state index in [1.807, 2.05) is 31.2 Å². The number of aryl methyl sites for hydroxylation is 1. The van der Waals surface area contributed by atoms with Crippen LogP contribution in [0.1, 0.15) is 63.9 Å². The van der Waals surface area contributed by atoms with Gasteiger partial charge in [0, 0.05) is 31.0 Å². The summed E-state index contributed by atoms with van der Waals surface area (Å²) in [6.07, 6.45) is 9.29. The summed E-state index contributed by atoms with van der Waals surface area (Å²) in [6, 6.07) is 7.78. The van der Waals surface area contributed by atoms with E-state index in [4.69, 9.17) is 0 Å². The van der Waals surface area contributed by atoms with Crippen molar-refractivity contribution in [2.75, 3.05) is 23.7 Å². The molecule has 1 aliphatic heterocycles. The molecule has 0 saturated carbocycles. The van der Waals surface area contributed by atoms with E-state index in [2.05, 4.69) is 6.92 Å². The average molecular weight is 419 g/mol. The molecule has 0 bridgehead atoms. The fraction of sp³-hybridized carbons (Fsp3) is 0.609. The largest absolute Gasteiger partial charge is 0.314 e. The Bertz CT molecular complexity index is 663. The maximum Gasteiger partial charge on any atom is 0.242 e. The molecule has 1 aromatic rings. The first-order valence-corrected chi connectivity index (χ1v) is 11.9. The molecule has 0 aromatic heterocycles. The summed E-state index contributed by atoms with van der Waals surface area (Å²) >= 11 is 1.48. The second-order valence-corrected chi connectivity index (χ2v) is 9.01. The van der Waals surface area contributed by atoms with Crippen LogP contribution in [0.5, 0.6) is 0 Å². The average Bonchev–Trinajstić information content (AvgIpc) is 2.98. The van der Waals surface area contributed by atoms with Crippen molar-refractivity contribution in [2.24, 2.45) is 0 Å². The minimum atomic E-state index is -0.307. The second-order valence-electron chi connectivity index (χ2n) is 7.70. The number of thioether (sulfide) groups is 1. The molecule has 1 unspecified atom stereocenters. The van der Waals surface area contributed by atoms with Crippen molar-refractivity contribution in [2.45, 2.75) is 70.5 Å². The van der Waals surface area contributed by atoms with Crippen molar-refractivity contribution in [3.8, 4) is 0 Å². The Hall–Kier alpha value is -1.82. The van der Waals surface area contributed by atoms with E-state index in [0.717, 1.165) is 30.5 Å². The Morgan fingerprint density at radius 1 is 1.07 bits per heavy atom. The predicted molar refractivity (Wildman–Crippen MR) is 120 cm³/mol. The van der Waals surface area contributed by atoms with Gasteiger partial charge in [-0.1, -0.05) is 63.1 Å². The van der Waals surface area contributed by atoms with Crippen LogP contribution in [-0.2, 0) is 14.4 Å². The standard InChI is InChI=1S/C23H34N2O3S/c1-3-4-5-6-7-8-9-14-25-22(27)17-21(23(25)28)29-16-15-24(18-26)20-12-10-19(2)11-13-20/h10-13,18,21H,3-9,14-17H2,1-2H3. The van der Waals surface area contributed by atoms with Crippen LogP contribution in [-0.4, -0.2) is 47.2 Å². The number of carbonyl (C=O) groups is 3. The van der Waals surface area contributed by atoms with Gasteiger partial charge in [0.2, 0.25) is 18.2 Å². The molecule has 1 aliphatic rings. The number of nitrogens with zero attached hydrogens (tertiary/aromatic N) is 2. The molecule has 3 amide bonds. The Labute approximate surface area is 179 Å². The van der Waals surface area contributed by atoms with E-state index in [9.17, 15) is 14.4 Å². The number of anilines is 1. The van der Waals surface area contributed by atoms with Crippen LogP contribution in [0.3, 0.4) is 0 Å². The van der Waals surface area contributed by atoms with Gasteiger partial charge in [-0.2, -0.15) is 0 Å². The molecule has 160 valence electrons. The molecular weight excluding hydrogens is 384 g/mol. The van der Waals surface area contributed by atoms with E-state index in [0.29, 0.717) is 18.8 Å². The predicted octanol–water partition coefficient (Wildman–Crippen LogP) is 4.57.